The van der Waals surface area contributed by atoms with Gasteiger partial charge in [-0.1, -0.05) is 18.2 Å². The molecule has 3 amide bonds. The van der Waals surface area contributed by atoms with E-state index in [2.05, 4.69) is 5.32 Å². The first-order chi connectivity index (χ1) is 16.1. The number of fused-ring (bicyclic) bond motifs is 1. The molecule has 0 saturated carbocycles. The normalized spacial score (nSPS) is 13.0. The summed E-state index contributed by atoms with van der Waals surface area (Å²) in [4.78, 5) is 50.3. The summed E-state index contributed by atoms with van der Waals surface area (Å²) in [6.45, 7) is -0.727. The Kier molecular flexibility index (Phi) is 5.89. The molecule has 7 nitrogen and oxygen atoms in total. The van der Waals surface area contributed by atoms with Gasteiger partial charge < -0.3 is 10.1 Å². The van der Waals surface area contributed by atoms with Crippen molar-refractivity contribution in [3.05, 3.63) is 95.1 Å². The van der Waals surface area contributed by atoms with Crippen molar-refractivity contribution < 1.29 is 37.1 Å². The molecule has 0 bridgehead atoms. The van der Waals surface area contributed by atoms with Crippen LogP contribution in [0.15, 0.2) is 72.8 Å². The number of halogens is 3. The lowest BCUT2D eigenvalue weighted by Gasteiger charge is -2.14. The second-order valence-corrected chi connectivity index (χ2v) is 7.24. The third-order valence-electron chi connectivity index (χ3n) is 4.96. The third kappa shape index (κ3) is 4.51. The highest BCUT2D eigenvalue weighted by Gasteiger charge is 2.36. The average molecular weight is 468 g/mol. The highest BCUT2D eigenvalue weighted by atomic mass is 19.4. The first kappa shape index (κ1) is 22.7. The third-order valence-corrected chi connectivity index (χ3v) is 4.96. The van der Waals surface area contributed by atoms with Crippen LogP contribution in [0, 0.1) is 0 Å². The number of carbonyl (C=O) groups is 4. The van der Waals surface area contributed by atoms with E-state index in [4.69, 9.17) is 4.74 Å². The van der Waals surface area contributed by atoms with Crippen LogP contribution >= 0.6 is 0 Å². The van der Waals surface area contributed by atoms with Crippen LogP contribution in [-0.4, -0.2) is 30.3 Å². The second kappa shape index (κ2) is 8.81. The summed E-state index contributed by atoms with van der Waals surface area (Å²) in [6.07, 6.45) is -4.56. The van der Waals surface area contributed by atoms with E-state index in [1.165, 1.54) is 30.3 Å². The fraction of sp³-hybridized carbons (Fsp3) is 0.0833. The number of benzene rings is 3. The second-order valence-electron chi connectivity index (χ2n) is 7.24. The standard InChI is InChI=1S/C24H15F3N2O5/c25-24(26,27)15-4-3-5-16(12-15)28-20(30)13-34-23(33)14-8-10-17(11-9-14)29-21(31)18-6-1-2-7-19(18)22(29)32/h1-12H,13H2,(H,28,30). The number of ether oxygens (including phenoxy) is 1. The molecule has 4 rings (SSSR count). The Morgan fingerprint density at radius 1 is 0.853 bits per heavy atom. The Labute approximate surface area is 190 Å². The monoisotopic (exact) mass is 468 g/mol. The first-order valence-electron chi connectivity index (χ1n) is 9.87. The Balaban J connectivity index is 1.36. The fourth-order valence-corrected chi connectivity index (χ4v) is 3.36. The van der Waals surface area contributed by atoms with E-state index in [9.17, 15) is 32.3 Å². The number of alkyl halides is 3. The van der Waals surface area contributed by atoms with Gasteiger partial charge in [-0.2, -0.15) is 13.2 Å². The zero-order valence-corrected chi connectivity index (χ0v) is 17.3. The van der Waals surface area contributed by atoms with E-state index in [0.717, 1.165) is 23.1 Å². The van der Waals surface area contributed by atoms with Gasteiger partial charge in [-0.25, -0.2) is 9.69 Å². The maximum atomic E-state index is 12.8. The van der Waals surface area contributed by atoms with Crippen molar-refractivity contribution in [2.24, 2.45) is 0 Å². The molecule has 34 heavy (non-hydrogen) atoms. The number of anilines is 2. The molecule has 0 aliphatic carbocycles. The van der Waals surface area contributed by atoms with Crippen molar-refractivity contribution in [3.63, 3.8) is 0 Å². The molecule has 1 aliphatic heterocycles. The van der Waals surface area contributed by atoms with E-state index in [0.29, 0.717) is 0 Å². The molecule has 1 N–H and O–H groups in total. The zero-order valence-electron chi connectivity index (χ0n) is 17.3. The van der Waals surface area contributed by atoms with Crippen molar-refractivity contribution >= 4 is 35.1 Å². The number of nitrogens with one attached hydrogen (secondary N) is 1. The molecule has 3 aromatic carbocycles. The smallest absolute Gasteiger partial charge is 0.416 e. The van der Waals surface area contributed by atoms with Gasteiger partial charge in [-0.15, -0.1) is 0 Å². The molecular weight excluding hydrogens is 453 g/mol. The summed E-state index contributed by atoms with van der Waals surface area (Å²) in [5, 5.41) is 2.23. The van der Waals surface area contributed by atoms with Gasteiger partial charge in [0.15, 0.2) is 6.61 Å². The average Bonchev–Trinajstić information content (AvgIpc) is 3.07. The fourth-order valence-electron chi connectivity index (χ4n) is 3.36. The summed E-state index contributed by atoms with van der Waals surface area (Å²) in [7, 11) is 0. The molecule has 0 radical (unpaired) electrons. The number of amides is 3. The van der Waals surface area contributed by atoms with E-state index in [1.807, 2.05) is 0 Å². The van der Waals surface area contributed by atoms with E-state index < -0.39 is 42.0 Å². The molecule has 0 fully saturated rings. The van der Waals surface area contributed by atoms with Crippen LogP contribution in [-0.2, 0) is 15.7 Å². The number of hydrogen-bond acceptors (Lipinski definition) is 5. The van der Waals surface area contributed by atoms with Crippen molar-refractivity contribution in [2.75, 3.05) is 16.8 Å². The van der Waals surface area contributed by atoms with Gasteiger partial charge in [-0.05, 0) is 54.6 Å². The Morgan fingerprint density at radius 3 is 2.06 bits per heavy atom. The Morgan fingerprint density at radius 2 is 1.47 bits per heavy atom. The zero-order chi connectivity index (χ0) is 24.5. The molecular formula is C24H15F3N2O5. The maximum absolute atomic E-state index is 12.8. The first-order valence-corrected chi connectivity index (χ1v) is 9.87. The molecule has 1 aliphatic rings. The van der Waals surface area contributed by atoms with Crippen LogP contribution in [0.5, 0.6) is 0 Å². The summed E-state index contributed by atoms with van der Waals surface area (Å²) >= 11 is 0. The van der Waals surface area contributed by atoms with Gasteiger partial charge in [0.05, 0.1) is 27.9 Å². The van der Waals surface area contributed by atoms with E-state index in [-0.39, 0.29) is 28.1 Å². The van der Waals surface area contributed by atoms with Gasteiger partial charge in [0, 0.05) is 5.69 Å². The SMILES string of the molecule is O=C(COC(=O)c1ccc(N2C(=O)c3ccccc3C2=O)cc1)Nc1cccc(C(F)(F)F)c1. The van der Waals surface area contributed by atoms with Crippen molar-refractivity contribution in [3.8, 4) is 0 Å². The number of imide groups is 1. The molecule has 0 atom stereocenters. The lowest BCUT2D eigenvalue weighted by Crippen LogP contribution is -2.29. The predicted molar refractivity (Wildman–Crippen MR) is 114 cm³/mol. The van der Waals surface area contributed by atoms with Gasteiger partial charge >= 0.3 is 12.1 Å². The Hall–Kier alpha value is -4.47. The highest BCUT2D eigenvalue weighted by molar-refractivity contribution is 6.34. The summed E-state index contributed by atoms with van der Waals surface area (Å²) in [5.41, 5.74) is -0.163. The number of nitrogens with zero attached hydrogens (tertiary/aromatic N) is 1. The molecule has 0 spiro atoms. The minimum atomic E-state index is -4.56. The van der Waals surface area contributed by atoms with Gasteiger partial charge in [0.2, 0.25) is 0 Å². The number of rotatable bonds is 5. The van der Waals surface area contributed by atoms with Crippen molar-refractivity contribution in [1.82, 2.24) is 0 Å². The topological polar surface area (TPSA) is 92.8 Å². The number of esters is 1. The quantitative estimate of drug-likeness (QED) is 0.445. The number of carbonyl (C=O) groups excluding carboxylic acids is 4. The molecule has 0 saturated heterocycles. The van der Waals surface area contributed by atoms with Crippen LogP contribution in [0.1, 0.15) is 36.6 Å². The van der Waals surface area contributed by atoms with Crippen molar-refractivity contribution in [2.45, 2.75) is 6.18 Å². The highest BCUT2D eigenvalue weighted by Crippen LogP contribution is 2.31. The molecule has 172 valence electrons. The van der Waals surface area contributed by atoms with E-state index >= 15 is 0 Å². The van der Waals surface area contributed by atoms with Gasteiger partial charge in [0.25, 0.3) is 17.7 Å². The molecule has 10 heteroatoms. The lowest BCUT2D eigenvalue weighted by atomic mass is 10.1. The summed E-state index contributed by atoms with van der Waals surface area (Å²) in [5.74, 6) is -2.66. The predicted octanol–water partition coefficient (Wildman–Crippen LogP) is 4.30. The van der Waals surface area contributed by atoms with Gasteiger partial charge in [-0.3, -0.25) is 14.4 Å². The van der Waals surface area contributed by atoms with Crippen LogP contribution in [0.2, 0.25) is 0 Å². The lowest BCUT2D eigenvalue weighted by molar-refractivity contribution is -0.137. The van der Waals surface area contributed by atoms with E-state index in [1.54, 1.807) is 24.3 Å². The molecule has 1 heterocycles. The van der Waals surface area contributed by atoms with Crippen LogP contribution in [0.25, 0.3) is 0 Å². The molecule has 3 aromatic rings. The minimum Gasteiger partial charge on any atom is -0.452 e. The summed E-state index contributed by atoms with van der Waals surface area (Å²) in [6, 6.07) is 15.9. The van der Waals surface area contributed by atoms with Gasteiger partial charge in [0.1, 0.15) is 0 Å². The largest absolute Gasteiger partial charge is 0.452 e. The van der Waals surface area contributed by atoms with Crippen LogP contribution in [0.3, 0.4) is 0 Å². The Bertz CT molecular complexity index is 1270. The van der Waals surface area contributed by atoms with Crippen LogP contribution in [0.4, 0.5) is 24.5 Å². The minimum absolute atomic E-state index is 0.0484. The van der Waals surface area contributed by atoms with Crippen molar-refractivity contribution in [1.29, 1.82) is 0 Å². The molecule has 0 aromatic heterocycles. The van der Waals surface area contributed by atoms with Crippen LogP contribution < -0.4 is 10.2 Å². The number of hydrogen-bond donors (Lipinski definition) is 1. The summed E-state index contributed by atoms with van der Waals surface area (Å²) < 4.78 is 43.2. The molecule has 0 unspecified atom stereocenters. The maximum Gasteiger partial charge on any atom is 0.416 e.